The Morgan fingerprint density at radius 3 is 2.73 bits per heavy atom. The molecule has 0 spiro atoms. The number of nitrogens with zero attached hydrogens (tertiary/aromatic N) is 1. The lowest BCUT2D eigenvalue weighted by Gasteiger charge is -2.18. The fourth-order valence-corrected chi connectivity index (χ4v) is 3.11. The first kappa shape index (κ1) is 15.1. The number of carbonyl (C=O) groups is 2. The summed E-state index contributed by atoms with van der Waals surface area (Å²) < 4.78 is 0. The van der Waals surface area contributed by atoms with Crippen molar-refractivity contribution in [3.05, 3.63) is 35.9 Å². The predicted octanol–water partition coefficient (Wildman–Crippen LogP) is 2.13. The van der Waals surface area contributed by atoms with Gasteiger partial charge in [-0.3, -0.25) is 9.59 Å². The molecule has 1 aliphatic carbocycles. The average molecular weight is 300 g/mol. The van der Waals surface area contributed by atoms with Crippen LogP contribution in [0.15, 0.2) is 30.3 Å². The van der Waals surface area contributed by atoms with E-state index in [1.54, 1.807) is 0 Å². The zero-order valence-corrected chi connectivity index (χ0v) is 13.1. The molecule has 1 N–H and O–H groups in total. The molecule has 22 heavy (non-hydrogen) atoms. The lowest BCUT2D eigenvalue weighted by atomic mass is 10.0. The summed E-state index contributed by atoms with van der Waals surface area (Å²) in [5.74, 6) is 0.0314. The van der Waals surface area contributed by atoms with Crippen molar-refractivity contribution in [3.8, 4) is 0 Å². The van der Waals surface area contributed by atoms with E-state index >= 15 is 0 Å². The summed E-state index contributed by atoms with van der Waals surface area (Å²) in [4.78, 5) is 26.1. The lowest BCUT2D eigenvalue weighted by Crippen LogP contribution is -2.38. The average Bonchev–Trinajstić information content (AvgIpc) is 3.28. The molecule has 2 amide bonds. The van der Waals surface area contributed by atoms with Crippen LogP contribution < -0.4 is 5.32 Å². The fourth-order valence-electron chi connectivity index (χ4n) is 3.11. The minimum atomic E-state index is -0.160. The Morgan fingerprint density at radius 1 is 1.32 bits per heavy atom. The lowest BCUT2D eigenvalue weighted by molar-refractivity contribution is -0.129. The van der Waals surface area contributed by atoms with E-state index in [9.17, 15) is 9.59 Å². The van der Waals surface area contributed by atoms with Crippen LogP contribution in [0.2, 0.25) is 0 Å². The highest BCUT2D eigenvalue weighted by Crippen LogP contribution is 2.32. The largest absolute Gasteiger partial charge is 0.353 e. The standard InChI is InChI=1S/C18H24N2O2/c1-13(7-8-14-5-3-2-4-6-14)19-18(22)15-11-17(21)20(12-15)16-9-10-16/h2-6,13,15-16H,7-12H2,1H3,(H,19,22). The third kappa shape index (κ3) is 3.67. The highest BCUT2D eigenvalue weighted by Gasteiger charge is 2.41. The Balaban J connectivity index is 1.44. The molecule has 118 valence electrons. The maximum absolute atomic E-state index is 12.3. The van der Waals surface area contributed by atoms with Gasteiger partial charge in [-0.2, -0.15) is 0 Å². The van der Waals surface area contributed by atoms with Crippen molar-refractivity contribution in [2.45, 2.75) is 51.1 Å². The van der Waals surface area contributed by atoms with Crippen molar-refractivity contribution in [1.29, 1.82) is 0 Å². The zero-order valence-electron chi connectivity index (χ0n) is 13.1. The van der Waals surface area contributed by atoms with E-state index in [0.29, 0.717) is 19.0 Å². The number of carbonyl (C=O) groups excluding carboxylic acids is 2. The van der Waals surface area contributed by atoms with Crippen LogP contribution in [0, 0.1) is 5.92 Å². The summed E-state index contributed by atoms with van der Waals surface area (Å²) in [5, 5.41) is 3.07. The van der Waals surface area contributed by atoms with Gasteiger partial charge in [0.05, 0.1) is 5.92 Å². The van der Waals surface area contributed by atoms with Gasteiger partial charge in [0.25, 0.3) is 0 Å². The van der Waals surface area contributed by atoms with Crippen molar-refractivity contribution in [2.24, 2.45) is 5.92 Å². The van der Waals surface area contributed by atoms with Gasteiger partial charge in [0.2, 0.25) is 11.8 Å². The highest BCUT2D eigenvalue weighted by molar-refractivity contribution is 5.89. The Kier molecular flexibility index (Phi) is 4.46. The molecule has 1 aliphatic heterocycles. The Hall–Kier alpha value is -1.84. The molecule has 0 aromatic heterocycles. The van der Waals surface area contributed by atoms with Gasteiger partial charge in [-0.15, -0.1) is 0 Å². The number of hydrogen-bond acceptors (Lipinski definition) is 2. The van der Waals surface area contributed by atoms with E-state index in [4.69, 9.17) is 0 Å². The molecule has 2 aliphatic rings. The smallest absolute Gasteiger partial charge is 0.225 e. The van der Waals surface area contributed by atoms with Crippen LogP contribution in [0.1, 0.15) is 38.2 Å². The van der Waals surface area contributed by atoms with E-state index in [-0.39, 0.29) is 23.8 Å². The van der Waals surface area contributed by atoms with E-state index in [1.165, 1.54) is 5.56 Å². The molecule has 2 atom stereocenters. The topological polar surface area (TPSA) is 49.4 Å². The molecule has 1 aromatic rings. The number of aryl methyl sites for hydroxylation is 1. The first-order valence-electron chi connectivity index (χ1n) is 8.27. The van der Waals surface area contributed by atoms with Crippen LogP contribution in [0.5, 0.6) is 0 Å². The number of nitrogens with one attached hydrogen (secondary N) is 1. The van der Waals surface area contributed by atoms with Gasteiger partial charge in [0.1, 0.15) is 0 Å². The first-order valence-corrected chi connectivity index (χ1v) is 8.27. The SMILES string of the molecule is CC(CCc1ccccc1)NC(=O)C1CC(=O)N(C2CC2)C1. The van der Waals surface area contributed by atoms with Gasteiger partial charge in [0.15, 0.2) is 0 Å². The molecule has 2 fully saturated rings. The van der Waals surface area contributed by atoms with Gasteiger partial charge in [-0.25, -0.2) is 0 Å². The van der Waals surface area contributed by atoms with Crippen molar-refractivity contribution >= 4 is 11.8 Å². The predicted molar refractivity (Wildman–Crippen MR) is 85.2 cm³/mol. The second-order valence-electron chi connectivity index (χ2n) is 6.61. The van der Waals surface area contributed by atoms with Crippen LogP contribution in [0.4, 0.5) is 0 Å². The van der Waals surface area contributed by atoms with Gasteiger partial charge < -0.3 is 10.2 Å². The van der Waals surface area contributed by atoms with Crippen molar-refractivity contribution < 1.29 is 9.59 Å². The maximum Gasteiger partial charge on any atom is 0.225 e. The van der Waals surface area contributed by atoms with E-state index in [1.807, 2.05) is 30.0 Å². The highest BCUT2D eigenvalue weighted by atomic mass is 16.2. The van der Waals surface area contributed by atoms with Gasteiger partial charge >= 0.3 is 0 Å². The van der Waals surface area contributed by atoms with Crippen LogP contribution in [0.25, 0.3) is 0 Å². The van der Waals surface area contributed by atoms with E-state index in [0.717, 1.165) is 25.7 Å². The third-order valence-corrected chi connectivity index (χ3v) is 4.61. The molecular formula is C18H24N2O2. The molecule has 3 rings (SSSR count). The minimum absolute atomic E-state index is 0.0389. The zero-order chi connectivity index (χ0) is 15.5. The number of amides is 2. The molecule has 2 unspecified atom stereocenters. The molecule has 1 saturated carbocycles. The van der Waals surface area contributed by atoms with Crippen molar-refractivity contribution in [2.75, 3.05) is 6.54 Å². The van der Waals surface area contributed by atoms with E-state index < -0.39 is 0 Å². The van der Waals surface area contributed by atoms with Crippen LogP contribution in [-0.2, 0) is 16.0 Å². The third-order valence-electron chi connectivity index (χ3n) is 4.61. The molecule has 1 heterocycles. The number of hydrogen-bond donors (Lipinski definition) is 1. The summed E-state index contributed by atoms with van der Waals surface area (Å²) in [6.45, 7) is 2.65. The molecule has 4 heteroatoms. The molecule has 0 bridgehead atoms. The second-order valence-corrected chi connectivity index (χ2v) is 6.61. The second kappa shape index (κ2) is 6.51. The Labute approximate surface area is 131 Å². The minimum Gasteiger partial charge on any atom is -0.353 e. The fraction of sp³-hybridized carbons (Fsp3) is 0.556. The summed E-state index contributed by atoms with van der Waals surface area (Å²) >= 11 is 0. The normalized spacial score (nSPS) is 22.7. The molecule has 0 radical (unpaired) electrons. The van der Waals surface area contributed by atoms with Crippen molar-refractivity contribution in [1.82, 2.24) is 10.2 Å². The number of benzene rings is 1. The summed E-state index contributed by atoms with van der Waals surface area (Å²) in [6.07, 6.45) is 4.47. The van der Waals surface area contributed by atoms with Crippen LogP contribution >= 0.6 is 0 Å². The number of rotatable bonds is 6. The van der Waals surface area contributed by atoms with Gasteiger partial charge in [-0.1, -0.05) is 30.3 Å². The molecule has 4 nitrogen and oxygen atoms in total. The van der Waals surface area contributed by atoms with Crippen LogP contribution in [-0.4, -0.2) is 35.3 Å². The first-order chi connectivity index (χ1) is 10.6. The molecule has 1 aromatic carbocycles. The van der Waals surface area contributed by atoms with Crippen molar-refractivity contribution in [3.63, 3.8) is 0 Å². The molecular weight excluding hydrogens is 276 g/mol. The quantitative estimate of drug-likeness (QED) is 0.875. The molecule has 1 saturated heterocycles. The van der Waals surface area contributed by atoms with E-state index in [2.05, 4.69) is 17.4 Å². The summed E-state index contributed by atoms with van der Waals surface area (Å²) in [7, 11) is 0. The Bertz CT molecular complexity index is 539. The maximum atomic E-state index is 12.3. The summed E-state index contributed by atoms with van der Waals surface area (Å²) in [5.41, 5.74) is 1.29. The van der Waals surface area contributed by atoms with Gasteiger partial charge in [-0.05, 0) is 38.2 Å². The summed E-state index contributed by atoms with van der Waals surface area (Å²) in [6, 6.07) is 10.9. The van der Waals surface area contributed by atoms with Gasteiger partial charge in [0, 0.05) is 25.0 Å². The van der Waals surface area contributed by atoms with Crippen LogP contribution in [0.3, 0.4) is 0 Å². The Morgan fingerprint density at radius 2 is 2.05 bits per heavy atom. The number of likely N-dealkylation sites (tertiary alicyclic amines) is 1. The monoisotopic (exact) mass is 300 g/mol.